The number of nitriles is 1. The number of nitrogens with zero attached hydrogens (tertiary/aromatic N) is 6. The van der Waals surface area contributed by atoms with Gasteiger partial charge in [0.25, 0.3) is 0 Å². The van der Waals surface area contributed by atoms with Crippen LogP contribution in [0.5, 0.6) is 0 Å². The lowest BCUT2D eigenvalue weighted by Crippen LogP contribution is -2.27. The van der Waals surface area contributed by atoms with Crippen LogP contribution in [0.25, 0.3) is 0 Å². The Morgan fingerprint density at radius 1 is 0.875 bits per heavy atom. The molecule has 6 nitrogen and oxygen atoms in total. The standard InChI is InChI=1S/C26H26N6/c1-21-2-4-22(5-3-21)12-15-31(17-25-10-13-28-14-11-25)19-26-30-29-20-32(26)18-24-8-6-23(16-27)7-9-24/h2-11,13-14,20H,12,15,17-19H2,1H3. The molecule has 6 heteroatoms. The molecular formula is C26H26N6. The zero-order chi connectivity index (χ0) is 22.2. The highest BCUT2D eigenvalue weighted by Gasteiger charge is 2.13. The van der Waals surface area contributed by atoms with E-state index in [1.54, 1.807) is 6.33 Å². The molecule has 0 unspecified atom stereocenters. The third-order valence-corrected chi connectivity index (χ3v) is 5.49. The van der Waals surface area contributed by atoms with Crippen LogP contribution in [0.3, 0.4) is 0 Å². The van der Waals surface area contributed by atoms with Gasteiger partial charge in [-0.3, -0.25) is 9.88 Å². The average Bonchev–Trinajstić information content (AvgIpc) is 3.26. The number of aryl methyl sites for hydroxylation is 1. The molecule has 0 N–H and O–H groups in total. The van der Waals surface area contributed by atoms with Crippen molar-refractivity contribution in [3.05, 3.63) is 113 Å². The van der Waals surface area contributed by atoms with Crippen LogP contribution < -0.4 is 0 Å². The Morgan fingerprint density at radius 3 is 2.31 bits per heavy atom. The van der Waals surface area contributed by atoms with Crippen molar-refractivity contribution in [3.8, 4) is 6.07 Å². The molecule has 160 valence electrons. The molecule has 32 heavy (non-hydrogen) atoms. The number of pyridine rings is 1. The first-order chi connectivity index (χ1) is 15.7. The fourth-order valence-corrected chi connectivity index (χ4v) is 3.62. The van der Waals surface area contributed by atoms with Crippen LogP contribution in [0, 0.1) is 18.3 Å². The lowest BCUT2D eigenvalue weighted by Gasteiger charge is -2.22. The molecule has 0 atom stereocenters. The summed E-state index contributed by atoms with van der Waals surface area (Å²) in [4.78, 5) is 6.54. The van der Waals surface area contributed by atoms with E-state index >= 15 is 0 Å². The minimum absolute atomic E-state index is 0.664. The zero-order valence-corrected chi connectivity index (χ0v) is 18.2. The van der Waals surface area contributed by atoms with Crippen molar-refractivity contribution in [3.63, 3.8) is 0 Å². The molecule has 2 aromatic carbocycles. The van der Waals surface area contributed by atoms with Gasteiger partial charge in [-0.05, 0) is 54.3 Å². The summed E-state index contributed by atoms with van der Waals surface area (Å²) in [7, 11) is 0. The van der Waals surface area contributed by atoms with Crippen molar-refractivity contribution in [1.82, 2.24) is 24.6 Å². The summed E-state index contributed by atoms with van der Waals surface area (Å²) >= 11 is 0. The van der Waals surface area contributed by atoms with Crippen molar-refractivity contribution in [2.75, 3.05) is 6.54 Å². The molecule has 0 bridgehead atoms. The van der Waals surface area contributed by atoms with Gasteiger partial charge in [-0.25, -0.2) is 0 Å². The minimum atomic E-state index is 0.664. The van der Waals surface area contributed by atoms with E-state index in [9.17, 15) is 0 Å². The number of hydrogen-bond acceptors (Lipinski definition) is 5. The van der Waals surface area contributed by atoms with Gasteiger partial charge in [-0.2, -0.15) is 5.26 Å². The van der Waals surface area contributed by atoms with Crippen molar-refractivity contribution in [2.45, 2.75) is 33.0 Å². The normalized spacial score (nSPS) is 10.9. The largest absolute Gasteiger partial charge is 0.312 e. The quantitative estimate of drug-likeness (QED) is 0.405. The monoisotopic (exact) mass is 422 g/mol. The maximum Gasteiger partial charge on any atom is 0.147 e. The van der Waals surface area contributed by atoms with Crippen LogP contribution in [0.1, 0.15) is 33.6 Å². The molecule has 0 amide bonds. The highest BCUT2D eigenvalue weighted by molar-refractivity contribution is 5.31. The first-order valence-corrected chi connectivity index (χ1v) is 10.7. The van der Waals surface area contributed by atoms with Crippen LogP contribution in [0.15, 0.2) is 79.4 Å². The van der Waals surface area contributed by atoms with Crippen molar-refractivity contribution >= 4 is 0 Å². The van der Waals surface area contributed by atoms with Gasteiger partial charge >= 0.3 is 0 Å². The van der Waals surface area contributed by atoms with E-state index in [1.165, 1.54) is 16.7 Å². The summed E-state index contributed by atoms with van der Waals surface area (Å²) in [5, 5.41) is 17.6. The summed E-state index contributed by atoms with van der Waals surface area (Å²) < 4.78 is 2.08. The van der Waals surface area contributed by atoms with Gasteiger partial charge < -0.3 is 4.57 Å². The van der Waals surface area contributed by atoms with Crippen molar-refractivity contribution in [1.29, 1.82) is 5.26 Å². The maximum absolute atomic E-state index is 9.01. The van der Waals surface area contributed by atoms with E-state index in [0.717, 1.165) is 30.9 Å². The zero-order valence-electron chi connectivity index (χ0n) is 18.2. The lowest BCUT2D eigenvalue weighted by molar-refractivity contribution is 0.250. The number of benzene rings is 2. The van der Waals surface area contributed by atoms with E-state index in [-0.39, 0.29) is 0 Å². The minimum Gasteiger partial charge on any atom is -0.312 e. The van der Waals surface area contributed by atoms with E-state index in [0.29, 0.717) is 18.7 Å². The molecule has 0 aliphatic heterocycles. The smallest absolute Gasteiger partial charge is 0.147 e. The molecule has 2 heterocycles. The Hall–Kier alpha value is -3.82. The van der Waals surface area contributed by atoms with E-state index in [4.69, 9.17) is 5.26 Å². The summed E-state index contributed by atoms with van der Waals surface area (Å²) in [6, 6.07) is 22.7. The van der Waals surface area contributed by atoms with Crippen LogP contribution in [0.2, 0.25) is 0 Å². The van der Waals surface area contributed by atoms with Crippen LogP contribution in [-0.4, -0.2) is 31.2 Å². The number of aromatic nitrogens is 4. The second-order valence-corrected chi connectivity index (χ2v) is 7.99. The third-order valence-electron chi connectivity index (χ3n) is 5.49. The van der Waals surface area contributed by atoms with Gasteiger partial charge in [0.05, 0.1) is 24.7 Å². The molecule has 0 fully saturated rings. The molecule has 2 aromatic heterocycles. The van der Waals surface area contributed by atoms with Crippen LogP contribution >= 0.6 is 0 Å². The topological polar surface area (TPSA) is 70.6 Å². The molecule has 0 radical (unpaired) electrons. The van der Waals surface area contributed by atoms with Gasteiger partial charge in [0.15, 0.2) is 0 Å². The molecule has 4 aromatic rings. The Labute approximate surface area is 188 Å². The van der Waals surface area contributed by atoms with Crippen molar-refractivity contribution < 1.29 is 0 Å². The molecule has 0 spiro atoms. The third kappa shape index (κ3) is 5.87. The Bertz CT molecular complexity index is 1160. The highest BCUT2D eigenvalue weighted by atomic mass is 15.3. The molecule has 4 rings (SSSR count). The Balaban J connectivity index is 1.48. The average molecular weight is 423 g/mol. The summed E-state index contributed by atoms with van der Waals surface area (Å²) in [5.41, 5.74) is 5.61. The summed E-state index contributed by atoms with van der Waals surface area (Å²) in [6.07, 6.45) is 6.41. The predicted molar refractivity (Wildman–Crippen MR) is 124 cm³/mol. The maximum atomic E-state index is 9.01. The molecule has 0 saturated heterocycles. The second kappa shape index (κ2) is 10.5. The molecule has 0 saturated carbocycles. The van der Waals surface area contributed by atoms with E-state index in [1.807, 2.05) is 36.7 Å². The Kier molecular flexibility index (Phi) is 7.01. The lowest BCUT2D eigenvalue weighted by atomic mass is 10.1. The van der Waals surface area contributed by atoms with Gasteiger partial charge in [0.2, 0.25) is 0 Å². The molecular weight excluding hydrogens is 396 g/mol. The highest BCUT2D eigenvalue weighted by Crippen LogP contribution is 2.13. The molecule has 0 aliphatic rings. The van der Waals surface area contributed by atoms with Crippen molar-refractivity contribution in [2.24, 2.45) is 0 Å². The first-order valence-electron chi connectivity index (χ1n) is 10.7. The van der Waals surface area contributed by atoms with E-state index < -0.39 is 0 Å². The van der Waals surface area contributed by atoms with Gasteiger partial charge in [-0.15, -0.1) is 10.2 Å². The van der Waals surface area contributed by atoms with Crippen LogP contribution in [-0.2, 0) is 26.1 Å². The summed E-state index contributed by atoms with van der Waals surface area (Å²) in [5.74, 6) is 0.923. The summed E-state index contributed by atoms with van der Waals surface area (Å²) in [6.45, 7) is 5.22. The SMILES string of the molecule is Cc1ccc(CCN(Cc2ccncc2)Cc2nncn2Cc2ccc(C#N)cc2)cc1. The predicted octanol–water partition coefficient (Wildman–Crippen LogP) is 4.15. The number of rotatable bonds is 9. The van der Waals surface area contributed by atoms with Gasteiger partial charge in [-0.1, -0.05) is 42.0 Å². The van der Waals surface area contributed by atoms with Crippen LogP contribution in [0.4, 0.5) is 0 Å². The fourth-order valence-electron chi connectivity index (χ4n) is 3.62. The Morgan fingerprint density at radius 2 is 1.59 bits per heavy atom. The first kappa shape index (κ1) is 21.4. The van der Waals surface area contributed by atoms with Gasteiger partial charge in [0, 0.05) is 25.5 Å². The van der Waals surface area contributed by atoms with E-state index in [2.05, 4.69) is 74.0 Å². The molecule has 0 aliphatic carbocycles. The van der Waals surface area contributed by atoms with Gasteiger partial charge in [0.1, 0.15) is 12.2 Å². The number of hydrogen-bond donors (Lipinski definition) is 0. The fraction of sp³-hybridized carbons (Fsp3) is 0.231. The second-order valence-electron chi connectivity index (χ2n) is 7.99.